The molecule has 2 heterocycles. The Hall–Kier alpha value is -3.66. The SMILES string of the molecule is C/C=C\C=NC.C=C1C(Cn2cccn2)=Cc2ccccc2N1c1ccccc1.CCC1(C)CC1. The fraction of sp³-hybridized carbons (Fsp3) is 0.290. The van der Waals surface area contributed by atoms with Gasteiger partial charge in [-0.05, 0) is 72.7 Å². The van der Waals surface area contributed by atoms with Crippen LogP contribution in [-0.2, 0) is 6.54 Å². The second kappa shape index (κ2) is 12.7. The molecule has 1 saturated carbocycles. The fourth-order valence-electron chi connectivity index (χ4n) is 3.69. The van der Waals surface area contributed by atoms with Gasteiger partial charge in [0.15, 0.2) is 0 Å². The summed E-state index contributed by atoms with van der Waals surface area (Å²) in [5.74, 6) is 0. The summed E-state index contributed by atoms with van der Waals surface area (Å²) < 4.78 is 1.92. The summed E-state index contributed by atoms with van der Waals surface area (Å²) in [5.41, 5.74) is 6.43. The first-order chi connectivity index (χ1) is 17.0. The molecular weight excluding hydrogens is 428 g/mol. The summed E-state index contributed by atoms with van der Waals surface area (Å²) in [6, 6.07) is 20.7. The van der Waals surface area contributed by atoms with E-state index in [0.29, 0.717) is 6.54 Å². The lowest BCUT2D eigenvalue weighted by Gasteiger charge is -2.33. The highest BCUT2D eigenvalue weighted by molar-refractivity contribution is 5.84. The highest BCUT2D eigenvalue weighted by Gasteiger charge is 2.34. The third kappa shape index (κ3) is 7.41. The van der Waals surface area contributed by atoms with Gasteiger partial charge in [0.25, 0.3) is 0 Å². The van der Waals surface area contributed by atoms with E-state index in [9.17, 15) is 0 Å². The zero-order valence-corrected chi connectivity index (χ0v) is 21.6. The van der Waals surface area contributed by atoms with Crippen LogP contribution < -0.4 is 4.90 Å². The second-order valence-corrected chi connectivity index (χ2v) is 9.15. The molecule has 1 aromatic heterocycles. The average Bonchev–Trinajstić information content (AvgIpc) is 3.42. The van der Waals surface area contributed by atoms with Gasteiger partial charge in [0.05, 0.1) is 12.2 Å². The zero-order valence-electron chi connectivity index (χ0n) is 21.6. The molecule has 4 heteroatoms. The molecule has 2 aliphatic rings. The van der Waals surface area contributed by atoms with E-state index >= 15 is 0 Å². The van der Waals surface area contributed by atoms with Crippen LogP contribution in [0.25, 0.3) is 6.08 Å². The van der Waals surface area contributed by atoms with E-state index in [1.165, 1.54) is 24.8 Å². The summed E-state index contributed by atoms with van der Waals surface area (Å²) in [6.45, 7) is 11.6. The zero-order chi connectivity index (χ0) is 25.1. The molecule has 0 bridgehead atoms. The molecule has 0 radical (unpaired) electrons. The van der Waals surface area contributed by atoms with Gasteiger partial charge in [-0.15, -0.1) is 0 Å². The number of hydrogen-bond acceptors (Lipinski definition) is 3. The Morgan fingerprint density at radius 2 is 1.77 bits per heavy atom. The van der Waals surface area contributed by atoms with Gasteiger partial charge in [0, 0.05) is 37.0 Å². The standard InChI is InChI=1S/C20H17N3.C6H12.C5H9N/c1-16-18(15-22-13-7-12-21-22)14-17-8-5-6-11-20(17)23(16)19-9-3-2-4-10-19;1-3-6(2)4-5-6;1-3-4-5-6-2/h2-14H,1,15H2;3-5H2,1-2H3;3-5H,1-2H3/b;;4-3-,6-5?. The van der Waals surface area contributed by atoms with Crippen LogP contribution in [0.3, 0.4) is 0 Å². The van der Waals surface area contributed by atoms with Crippen molar-refractivity contribution in [3.05, 3.63) is 109 Å². The van der Waals surface area contributed by atoms with Crippen LogP contribution >= 0.6 is 0 Å². The fourth-order valence-corrected chi connectivity index (χ4v) is 3.69. The van der Waals surface area contributed by atoms with E-state index in [-0.39, 0.29) is 0 Å². The molecule has 1 aliphatic carbocycles. The van der Waals surface area contributed by atoms with Crippen LogP contribution in [0.4, 0.5) is 11.4 Å². The molecular formula is C31H38N4. The topological polar surface area (TPSA) is 33.4 Å². The number of benzene rings is 2. The third-order valence-electron chi connectivity index (χ3n) is 6.44. The van der Waals surface area contributed by atoms with Crippen molar-refractivity contribution < 1.29 is 0 Å². The van der Waals surface area contributed by atoms with Crippen LogP contribution in [0, 0.1) is 5.41 Å². The number of aliphatic imine (C=N–C) groups is 1. The molecule has 2 aromatic carbocycles. The Kier molecular flexibility index (Phi) is 9.42. The average molecular weight is 467 g/mol. The first-order valence-electron chi connectivity index (χ1n) is 12.4. The number of aromatic nitrogens is 2. The molecule has 4 nitrogen and oxygen atoms in total. The van der Waals surface area contributed by atoms with Gasteiger partial charge in [0.2, 0.25) is 0 Å². The highest BCUT2D eigenvalue weighted by Crippen LogP contribution is 2.47. The van der Waals surface area contributed by atoms with E-state index in [1.807, 2.05) is 42.1 Å². The van der Waals surface area contributed by atoms with Crippen molar-refractivity contribution in [1.82, 2.24) is 9.78 Å². The number of anilines is 2. The summed E-state index contributed by atoms with van der Waals surface area (Å²) >= 11 is 0. The Morgan fingerprint density at radius 1 is 1.06 bits per heavy atom. The number of allylic oxidation sites excluding steroid dienone is 3. The molecule has 0 saturated heterocycles. The lowest BCUT2D eigenvalue weighted by Crippen LogP contribution is -2.23. The maximum absolute atomic E-state index is 4.35. The molecule has 3 aromatic rings. The molecule has 0 unspecified atom stereocenters. The summed E-state index contributed by atoms with van der Waals surface area (Å²) in [5, 5.41) is 4.31. The van der Waals surface area contributed by atoms with Gasteiger partial charge in [-0.2, -0.15) is 5.10 Å². The normalized spacial score (nSPS) is 15.6. The van der Waals surface area contributed by atoms with Gasteiger partial charge in [-0.1, -0.05) is 69.3 Å². The Balaban J connectivity index is 0.000000236. The van der Waals surface area contributed by atoms with E-state index in [4.69, 9.17) is 0 Å². The maximum atomic E-state index is 4.35. The predicted octanol–water partition coefficient (Wildman–Crippen LogP) is 8.09. The van der Waals surface area contributed by atoms with Gasteiger partial charge >= 0.3 is 0 Å². The van der Waals surface area contributed by atoms with E-state index in [0.717, 1.165) is 28.1 Å². The van der Waals surface area contributed by atoms with Crippen molar-refractivity contribution in [3.63, 3.8) is 0 Å². The Bertz CT molecular complexity index is 1140. The maximum Gasteiger partial charge on any atom is 0.0679 e. The minimum atomic E-state index is 0.712. The monoisotopic (exact) mass is 466 g/mol. The Labute approximate surface area is 211 Å². The summed E-state index contributed by atoms with van der Waals surface area (Å²) in [7, 11) is 1.75. The highest BCUT2D eigenvalue weighted by atomic mass is 15.3. The van der Waals surface area contributed by atoms with Crippen LogP contribution in [0.1, 0.15) is 45.6 Å². The second-order valence-electron chi connectivity index (χ2n) is 9.15. The third-order valence-corrected chi connectivity index (χ3v) is 6.44. The van der Waals surface area contributed by atoms with Crippen molar-refractivity contribution in [2.24, 2.45) is 10.4 Å². The minimum Gasteiger partial charge on any atom is -0.310 e. The van der Waals surface area contributed by atoms with Crippen molar-refractivity contribution >= 4 is 23.7 Å². The molecule has 182 valence electrons. The first kappa shape index (κ1) is 26.0. The lowest BCUT2D eigenvalue weighted by atomic mass is 9.99. The van der Waals surface area contributed by atoms with Gasteiger partial charge in [-0.25, -0.2) is 0 Å². The number of rotatable bonds is 5. The smallest absolute Gasteiger partial charge is 0.0679 e. The number of fused-ring (bicyclic) bond motifs is 1. The molecule has 0 N–H and O–H groups in total. The number of para-hydroxylation sites is 2. The van der Waals surface area contributed by atoms with Crippen LogP contribution in [0.15, 0.2) is 108 Å². The van der Waals surface area contributed by atoms with Crippen molar-refractivity contribution in [2.45, 2.75) is 46.6 Å². The quantitative estimate of drug-likeness (QED) is 0.356. The van der Waals surface area contributed by atoms with Gasteiger partial charge < -0.3 is 4.90 Å². The molecule has 0 spiro atoms. The number of nitrogens with zero attached hydrogens (tertiary/aromatic N) is 4. The molecule has 1 aliphatic heterocycles. The van der Waals surface area contributed by atoms with Crippen LogP contribution in [0.2, 0.25) is 0 Å². The van der Waals surface area contributed by atoms with E-state index < -0.39 is 0 Å². The van der Waals surface area contributed by atoms with E-state index in [2.05, 4.69) is 90.0 Å². The minimum absolute atomic E-state index is 0.712. The van der Waals surface area contributed by atoms with Crippen molar-refractivity contribution in [1.29, 1.82) is 0 Å². The molecule has 0 amide bonds. The molecule has 5 rings (SSSR count). The van der Waals surface area contributed by atoms with Crippen LogP contribution in [-0.4, -0.2) is 23.0 Å². The number of hydrogen-bond donors (Lipinski definition) is 0. The van der Waals surface area contributed by atoms with Crippen molar-refractivity contribution in [3.8, 4) is 0 Å². The summed E-state index contributed by atoms with van der Waals surface area (Å²) in [6.07, 6.45) is 15.9. The van der Waals surface area contributed by atoms with Crippen LogP contribution in [0.5, 0.6) is 0 Å². The summed E-state index contributed by atoms with van der Waals surface area (Å²) in [4.78, 5) is 5.93. The molecule has 1 fully saturated rings. The largest absolute Gasteiger partial charge is 0.310 e. The van der Waals surface area contributed by atoms with Gasteiger partial charge in [-0.3, -0.25) is 9.67 Å². The van der Waals surface area contributed by atoms with E-state index in [1.54, 1.807) is 19.5 Å². The van der Waals surface area contributed by atoms with Gasteiger partial charge in [0.1, 0.15) is 0 Å². The molecule has 35 heavy (non-hydrogen) atoms. The lowest BCUT2D eigenvalue weighted by molar-refractivity contribution is 0.551. The first-order valence-corrected chi connectivity index (χ1v) is 12.4. The molecule has 0 atom stereocenters. The Morgan fingerprint density at radius 3 is 2.31 bits per heavy atom. The van der Waals surface area contributed by atoms with Crippen molar-refractivity contribution in [2.75, 3.05) is 11.9 Å². The predicted molar refractivity (Wildman–Crippen MR) is 151 cm³/mol.